The van der Waals surface area contributed by atoms with Crippen molar-refractivity contribution in [1.29, 1.82) is 0 Å². The third kappa shape index (κ3) is 4.16. The van der Waals surface area contributed by atoms with Crippen LogP contribution in [0, 0.1) is 5.92 Å². The summed E-state index contributed by atoms with van der Waals surface area (Å²) in [5.41, 5.74) is 1.17. The lowest BCUT2D eigenvalue weighted by molar-refractivity contribution is 0.382. The minimum absolute atomic E-state index is 0.365. The van der Waals surface area contributed by atoms with Crippen LogP contribution in [0.2, 0.25) is 0 Å². The van der Waals surface area contributed by atoms with E-state index in [2.05, 4.69) is 23.8 Å². The van der Waals surface area contributed by atoms with Gasteiger partial charge in [0.1, 0.15) is 0 Å². The number of benzene rings is 1. The molecule has 0 aliphatic carbocycles. The molecule has 1 aromatic carbocycles. The molecule has 1 fully saturated rings. The SMILES string of the molecule is CC(C)Cc1ccc(S(=O)(=O)N2CCN(c3ncccn3)CC2)cc1. The first-order valence-corrected chi connectivity index (χ1v) is 10.0. The lowest BCUT2D eigenvalue weighted by Gasteiger charge is -2.33. The summed E-state index contributed by atoms with van der Waals surface area (Å²) in [6.07, 6.45) is 4.35. The molecule has 3 rings (SSSR count). The van der Waals surface area contributed by atoms with Gasteiger partial charge < -0.3 is 4.90 Å². The van der Waals surface area contributed by atoms with Gasteiger partial charge >= 0.3 is 0 Å². The van der Waals surface area contributed by atoms with Crippen molar-refractivity contribution in [2.45, 2.75) is 25.2 Å². The summed E-state index contributed by atoms with van der Waals surface area (Å²) in [6.45, 7) is 6.37. The van der Waals surface area contributed by atoms with E-state index in [0.29, 0.717) is 42.9 Å². The van der Waals surface area contributed by atoms with Gasteiger partial charge in [0.15, 0.2) is 0 Å². The van der Waals surface area contributed by atoms with Gasteiger partial charge in [-0.1, -0.05) is 26.0 Å². The van der Waals surface area contributed by atoms with Crippen molar-refractivity contribution in [2.24, 2.45) is 5.92 Å². The van der Waals surface area contributed by atoms with Crippen molar-refractivity contribution in [3.05, 3.63) is 48.3 Å². The Kier molecular flexibility index (Phi) is 5.34. The highest BCUT2D eigenvalue weighted by molar-refractivity contribution is 7.89. The Morgan fingerprint density at radius 3 is 2.16 bits per heavy atom. The number of aromatic nitrogens is 2. The Balaban J connectivity index is 1.67. The summed E-state index contributed by atoms with van der Waals surface area (Å²) in [4.78, 5) is 10.8. The van der Waals surface area contributed by atoms with Gasteiger partial charge in [-0.2, -0.15) is 4.31 Å². The molecule has 134 valence electrons. The Labute approximate surface area is 149 Å². The normalized spacial score (nSPS) is 16.4. The molecule has 0 spiro atoms. The van der Waals surface area contributed by atoms with Gasteiger partial charge in [-0.05, 0) is 36.1 Å². The van der Waals surface area contributed by atoms with Crippen molar-refractivity contribution in [3.63, 3.8) is 0 Å². The van der Waals surface area contributed by atoms with Crippen LogP contribution >= 0.6 is 0 Å². The monoisotopic (exact) mass is 360 g/mol. The van der Waals surface area contributed by atoms with Crippen molar-refractivity contribution >= 4 is 16.0 Å². The number of hydrogen-bond acceptors (Lipinski definition) is 5. The van der Waals surface area contributed by atoms with Gasteiger partial charge in [0.2, 0.25) is 16.0 Å². The summed E-state index contributed by atoms with van der Waals surface area (Å²) in [6, 6.07) is 9.05. The molecule has 7 heteroatoms. The molecule has 1 saturated heterocycles. The second-order valence-corrected chi connectivity index (χ2v) is 8.62. The lowest BCUT2D eigenvalue weighted by Crippen LogP contribution is -2.49. The molecule has 1 aromatic heterocycles. The van der Waals surface area contributed by atoms with Gasteiger partial charge in [0.25, 0.3) is 0 Å². The van der Waals surface area contributed by atoms with Crippen LogP contribution in [0.3, 0.4) is 0 Å². The van der Waals surface area contributed by atoms with E-state index in [1.807, 2.05) is 17.0 Å². The number of nitrogens with zero attached hydrogens (tertiary/aromatic N) is 4. The van der Waals surface area contributed by atoms with Crippen molar-refractivity contribution in [1.82, 2.24) is 14.3 Å². The van der Waals surface area contributed by atoms with E-state index in [0.717, 1.165) is 6.42 Å². The number of piperazine rings is 1. The van der Waals surface area contributed by atoms with Crippen LogP contribution in [-0.4, -0.2) is 48.9 Å². The maximum absolute atomic E-state index is 12.8. The number of hydrogen-bond donors (Lipinski definition) is 0. The number of rotatable bonds is 5. The average Bonchev–Trinajstić information content (AvgIpc) is 2.62. The second-order valence-electron chi connectivity index (χ2n) is 6.68. The summed E-state index contributed by atoms with van der Waals surface area (Å²) < 4.78 is 27.2. The zero-order valence-corrected chi connectivity index (χ0v) is 15.5. The maximum atomic E-state index is 12.8. The highest BCUT2D eigenvalue weighted by atomic mass is 32.2. The number of anilines is 1. The van der Waals surface area contributed by atoms with Crippen LogP contribution in [0.15, 0.2) is 47.6 Å². The van der Waals surface area contributed by atoms with Crippen molar-refractivity contribution < 1.29 is 8.42 Å². The van der Waals surface area contributed by atoms with Crippen LogP contribution in [-0.2, 0) is 16.4 Å². The van der Waals surface area contributed by atoms with E-state index in [1.54, 1.807) is 34.9 Å². The molecule has 0 bridgehead atoms. The summed E-state index contributed by atoms with van der Waals surface area (Å²) in [5, 5.41) is 0. The highest BCUT2D eigenvalue weighted by Gasteiger charge is 2.29. The van der Waals surface area contributed by atoms with E-state index in [9.17, 15) is 8.42 Å². The first-order valence-electron chi connectivity index (χ1n) is 8.58. The van der Waals surface area contributed by atoms with Crippen LogP contribution in [0.25, 0.3) is 0 Å². The Morgan fingerprint density at radius 1 is 1.00 bits per heavy atom. The van der Waals surface area contributed by atoms with Gasteiger partial charge in [0, 0.05) is 38.6 Å². The smallest absolute Gasteiger partial charge is 0.243 e. The summed E-state index contributed by atoms with van der Waals surface area (Å²) in [7, 11) is -3.45. The zero-order valence-electron chi connectivity index (χ0n) is 14.7. The molecule has 0 radical (unpaired) electrons. The predicted octanol–water partition coefficient (Wildman–Crippen LogP) is 2.19. The summed E-state index contributed by atoms with van der Waals surface area (Å²) in [5.74, 6) is 1.20. The largest absolute Gasteiger partial charge is 0.338 e. The van der Waals surface area contributed by atoms with Gasteiger partial charge in [-0.15, -0.1) is 0 Å². The van der Waals surface area contributed by atoms with E-state index < -0.39 is 10.0 Å². The molecular formula is C18H24N4O2S. The molecule has 1 aliphatic rings. The second kappa shape index (κ2) is 7.49. The Morgan fingerprint density at radius 2 is 1.60 bits per heavy atom. The van der Waals surface area contributed by atoms with Crippen LogP contribution in [0.4, 0.5) is 5.95 Å². The molecular weight excluding hydrogens is 336 g/mol. The van der Waals surface area contributed by atoms with E-state index >= 15 is 0 Å². The fourth-order valence-corrected chi connectivity index (χ4v) is 4.42. The summed E-state index contributed by atoms with van der Waals surface area (Å²) >= 11 is 0. The molecule has 25 heavy (non-hydrogen) atoms. The van der Waals surface area contributed by atoms with Crippen molar-refractivity contribution in [3.8, 4) is 0 Å². The molecule has 2 heterocycles. The molecule has 0 N–H and O–H groups in total. The molecule has 2 aromatic rings. The molecule has 0 atom stereocenters. The first kappa shape index (κ1) is 17.8. The Hall–Kier alpha value is -1.99. The minimum atomic E-state index is -3.45. The standard InChI is InChI=1S/C18H24N4O2S/c1-15(2)14-16-4-6-17(7-5-16)25(23,24)22-12-10-21(11-13-22)18-19-8-3-9-20-18/h3-9,15H,10-14H2,1-2H3. The molecule has 0 saturated carbocycles. The number of sulfonamides is 1. The lowest BCUT2D eigenvalue weighted by atomic mass is 10.0. The van der Waals surface area contributed by atoms with Gasteiger partial charge in [-0.25, -0.2) is 18.4 Å². The van der Waals surface area contributed by atoms with Crippen LogP contribution in [0.5, 0.6) is 0 Å². The topological polar surface area (TPSA) is 66.4 Å². The van der Waals surface area contributed by atoms with E-state index in [1.165, 1.54) is 5.56 Å². The molecule has 1 aliphatic heterocycles. The van der Waals surface area contributed by atoms with Gasteiger partial charge in [0.05, 0.1) is 4.90 Å². The third-order valence-electron chi connectivity index (χ3n) is 4.28. The van der Waals surface area contributed by atoms with Gasteiger partial charge in [-0.3, -0.25) is 0 Å². The van der Waals surface area contributed by atoms with Crippen LogP contribution in [0.1, 0.15) is 19.4 Å². The quantitative estimate of drug-likeness (QED) is 0.818. The first-order chi connectivity index (χ1) is 12.0. The van der Waals surface area contributed by atoms with Crippen LogP contribution < -0.4 is 4.90 Å². The fraction of sp³-hybridized carbons (Fsp3) is 0.444. The molecule has 0 unspecified atom stereocenters. The maximum Gasteiger partial charge on any atom is 0.243 e. The van der Waals surface area contributed by atoms with E-state index in [-0.39, 0.29) is 0 Å². The molecule has 0 amide bonds. The zero-order chi connectivity index (χ0) is 17.9. The molecule has 6 nitrogen and oxygen atoms in total. The average molecular weight is 360 g/mol. The highest BCUT2D eigenvalue weighted by Crippen LogP contribution is 2.20. The predicted molar refractivity (Wildman–Crippen MR) is 98.0 cm³/mol. The van der Waals surface area contributed by atoms with Crippen molar-refractivity contribution in [2.75, 3.05) is 31.1 Å². The van der Waals surface area contributed by atoms with E-state index in [4.69, 9.17) is 0 Å². The minimum Gasteiger partial charge on any atom is -0.338 e. The third-order valence-corrected chi connectivity index (χ3v) is 6.19. The fourth-order valence-electron chi connectivity index (χ4n) is 3.00. The Bertz CT molecular complexity index is 784.